The number of hydrogen-bond donors (Lipinski definition) is 2. The molecule has 1 saturated heterocycles. The first-order chi connectivity index (χ1) is 7.63. The molecule has 0 spiro atoms. The van der Waals surface area contributed by atoms with Gasteiger partial charge >= 0.3 is 5.97 Å². The second-order valence-electron chi connectivity index (χ2n) is 4.78. The van der Waals surface area contributed by atoms with E-state index in [-0.39, 0.29) is 6.04 Å². The van der Waals surface area contributed by atoms with E-state index in [4.69, 9.17) is 5.11 Å². The summed E-state index contributed by atoms with van der Waals surface area (Å²) in [6.45, 7) is 8.26. The fourth-order valence-corrected chi connectivity index (χ4v) is 2.09. The summed E-state index contributed by atoms with van der Waals surface area (Å²) >= 11 is 0. The van der Waals surface area contributed by atoms with Crippen molar-refractivity contribution >= 4 is 5.97 Å². The Balaban J connectivity index is 2.12. The Hall–Kier alpha value is -0.610. The minimum atomic E-state index is -0.741. The SMILES string of the molecule is CCC(NCCN1CCC(C)CC1)C(=O)O. The zero-order valence-electron chi connectivity index (χ0n) is 10.4. The van der Waals surface area contributed by atoms with E-state index in [9.17, 15) is 4.79 Å². The lowest BCUT2D eigenvalue weighted by Gasteiger charge is -2.30. The molecule has 1 aliphatic heterocycles. The number of nitrogens with zero attached hydrogens (tertiary/aromatic N) is 1. The Morgan fingerprint density at radius 1 is 1.50 bits per heavy atom. The maximum atomic E-state index is 10.8. The van der Waals surface area contributed by atoms with Gasteiger partial charge in [-0.3, -0.25) is 4.79 Å². The molecule has 0 aliphatic carbocycles. The average molecular weight is 228 g/mol. The Morgan fingerprint density at radius 2 is 2.12 bits per heavy atom. The van der Waals surface area contributed by atoms with Crippen LogP contribution in [0.15, 0.2) is 0 Å². The van der Waals surface area contributed by atoms with Gasteiger partial charge in [0.25, 0.3) is 0 Å². The lowest BCUT2D eigenvalue weighted by atomic mass is 9.99. The van der Waals surface area contributed by atoms with Gasteiger partial charge in [0, 0.05) is 13.1 Å². The Morgan fingerprint density at radius 3 is 2.62 bits per heavy atom. The molecule has 2 N–H and O–H groups in total. The normalized spacial score (nSPS) is 20.9. The molecule has 0 radical (unpaired) electrons. The van der Waals surface area contributed by atoms with Gasteiger partial charge < -0.3 is 15.3 Å². The molecule has 1 fully saturated rings. The van der Waals surface area contributed by atoms with E-state index in [0.29, 0.717) is 6.42 Å². The monoisotopic (exact) mass is 228 g/mol. The van der Waals surface area contributed by atoms with Crippen LogP contribution in [0.25, 0.3) is 0 Å². The highest BCUT2D eigenvalue weighted by molar-refractivity contribution is 5.73. The zero-order valence-corrected chi connectivity index (χ0v) is 10.4. The number of piperidine rings is 1. The Bertz CT molecular complexity index is 213. The number of aliphatic carboxylic acids is 1. The molecule has 0 aromatic heterocycles. The van der Waals surface area contributed by atoms with Crippen molar-refractivity contribution in [3.63, 3.8) is 0 Å². The summed E-state index contributed by atoms with van der Waals surface area (Å²) in [6.07, 6.45) is 3.19. The molecule has 16 heavy (non-hydrogen) atoms. The molecule has 0 saturated carbocycles. The van der Waals surface area contributed by atoms with Crippen molar-refractivity contribution in [1.82, 2.24) is 10.2 Å². The van der Waals surface area contributed by atoms with Crippen LogP contribution < -0.4 is 5.32 Å². The first kappa shape index (κ1) is 13.5. The highest BCUT2D eigenvalue weighted by Gasteiger charge is 2.17. The van der Waals surface area contributed by atoms with Gasteiger partial charge in [0.15, 0.2) is 0 Å². The maximum Gasteiger partial charge on any atom is 0.320 e. The summed E-state index contributed by atoms with van der Waals surface area (Å²) in [5.41, 5.74) is 0. The third-order valence-corrected chi connectivity index (χ3v) is 3.40. The molecule has 1 heterocycles. The zero-order chi connectivity index (χ0) is 12.0. The number of rotatable bonds is 6. The van der Waals surface area contributed by atoms with Crippen molar-refractivity contribution < 1.29 is 9.90 Å². The van der Waals surface area contributed by atoms with Gasteiger partial charge in [-0.05, 0) is 38.3 Å². The van der Waals surface area contributed by atoms with E-state index in [1.807, 2.05) is 6.92 Å². The summed E-state index contributed by atoms with van der Waals surface area (Å²) in [5.74, 6) is 0.112. The average Bonchev–Trinajstić information content (AvgIpc) is 2.26. The molecule has 0 amide bonds. The van der Waals surface area contributed by atoms with Crippen LogP contribution in [0.3, 0.4) is 0 Å². The fraction of sp³-hybridized carbons (Fsp3) is 0.917. The molecule has 4 nitrogen and oxygen atoms in total. The molecule has 0 aromatic rings. The van der Waals surface area contributed by atoms with E-state index < -0.39 is 5.97 Å². The van der Waals surface area contributed by atoms with Crippen molar-refractivity contribution in [3.8, 4) is 0 Å². The fourth-order valence-electron chi connectivity index (χ4n) is 2.09. The summed E-state index contributed by atoms with van der Waals surface area (Å²) in [7, 11) is 0. The Kier molecular flexibility index (Phi) is 5.77. The highest BCUT2D eigenvalue weighted by atomic mass is 16.4. The van der Waals surface area contributed by atoms with Crippen molar-refractivity contribution in [3.05, 3.63) is 0 Å². The van der Waals surface area contributed by atoms with Crippen LogP contribution >= 0.6 is 0 Å². The number of likely N-dealkylation sites (tertiary alicyclic amines) is 1. The highest BCUT2D eigenvalue weighted by Crippen LogP contribution is 2.15. The van der Waals surface area contributed by atoms with Crippen molar-refractivity contribution in [1.29, 1.82) is 0 Å². The number of carbonyl (C=O) groups is 1. The number of nitrogens with one attached hydrogen (secondary N) is 1. The first-order valence-electron chi connectivity index (χ1n) is 6.32. The predicted molar refractivity (Wildman–Crippen MR) is 64.6 cm³/mol. The summed E-state index contributed by atoms with van der Waals surface area (Å²) in [4.78, 5) is 13.2. The van der Waals surface area contributed by atoms with Crippen molar-refractivity contribution in [2.75, 3.05) is 26.2 Å². The second kappa shape index (κ2) is 6.86. The number of carboxylic acids is 1. The standard InChI is InChI=1S/C12H24N2O2/c1-3-11(12(15)16)13-6-9-14-7-4-10(2)5-8-14/h10-11,13H,3-9H2,1-2H3,(H,15,16). The van der Waals surface area contributed by atoms with E-state index in [1.165, 1.54) is 12.8 Å². The van der Waals surface area contributed by atoms with Gasteiger partial charge in [0.2, 0.25) is 0 Å². The molecular formula is C12H24N2O2. The van der Waals surface area contributed by atoms with Crippen molar-refractivity contribution in [2.24, 2.45) is 5.92 Å². The van der Waals surface area contributed by atoms with Gasteiger partial charge in [-0.2, -0.15) is 0 Å². The molecule has 1 aliphatic rings. The van der Waals surface area contributed by atoms with Crippen LogP contribution in [0, 0.1) is 5.92 Å². The van der Waals surface area contributed by atoms with Crippen LogP contribution in [-0.4, -0.2) is 48.2 Å². The molecular weight excluding hydrogens is 204 g/mol. The largest absolute Gasteiger partial charge is 0.480 e. The van der Waals surface area contributed by atoms with Crippen LogP contribution in [0.5, 0.6) is 0 Å². The van der Waals surface area contributed by atoms with E-state index in [0.717, 1.165) is 32.1 Å². The van der Waals surface area contributed by atoms with Crippen molar-refractivity contribution in [2.45, 2.75) is 39.2 Å². The van der Waals surface area contributed by atoms with Crippen LogP contribution in [-0.2, 0) is 4.79 Å². The summed E-state index contributed by atoms with van der Waals surface area (Å²) < 4.78 is 0. The minimum absolute atomic E-state index is 0.385. The molecule has 1 unspecified atom stereocenters. The van der Waals surface area contributed by atoms with E-state index >= 15 is 0 Å². The smallest absolute Gasteiger partial charge is 0.320 e. The molecule has 94 valence electrons. The Labute approximate surface area is 98.0 Å². The van der Waals surface area contributed by atoms with Crippen LogP contribution in [0.2, 0.25) is 0 Å². The third-order valence-electron chi connectivity index (χ3n) is 3.40. The lowest BCUT2D eigenvalue weighted by molar-refractivity contribution is -0.139. The second-order valence-corrected chi connectivity index (χ2v) is 4.78. The molecule has 0 bridgehead atoms. The molecule has 4 heteroatoms. The molecule has 1 atom stereocenters. The van der Waals surface area contributed by atoms with Crippen LogP contribution in [0.4, 0.5) is 0 Å². The number of carboxylic acid groups (broad SMARTS) is 1. The quantitative estimate of drug-likeness (QED) is 0.716. The van der Waals surface area contributed by atoms with Gasteiger partial charge in [0.05, 0.1) is 0 Å². The summed E-state index contributed by atoms with van der Waals surface area (Å²) in [5, 5.41) is 12.0. The molecule has 0 aromatic carbocycles. The van der Waals surface area contributed by atoms with Gasteiger partial charge in [-0.25, -0.2) is 0 Å². The predicted octanol–water partition coefficient (Wildman–Crippen LogP) is 1.17. The first-order valence-corrected chi connectivity index (χ1v) is 6.32. The maximum absolute atomic E-state index is 10.8. The van der Waals surface area contributed by atoms with Gasteiger partial charge in [-0.1, -0.05) is 13.8 Å². The van der Waals surface area contributed by atoms with E-state index in [2.05, 4.69) is 17.1 Å². The van der Waals surface area contributed by atoms with Gasteiger partial charge in [0.1, 0.15) is 6.04 Å². The van der Waals surface area contributed by atoms with E-state index in [1.54, 1.807) is 0 Å². The van der Waals surface area contributed by atoms with Gasteiger partial charge in [-0.15, -0.1) is 0 Å². The van der Waals surface area contributed by atoms with Crippen LogP contribution in [0.1, 0.15) is 33.1 Å². The number of hydrogen-bond acceptors (Lipinski definition) is 3. The summed E-state index contributed by atoms with van der Waals surface area (Å²) in [6, 6.07) is -0.385. The lowest BCUT2D eigenvalue weighted by Crippen LogP contribution is -2.42. The topological polar surface area (TPSA) is 52.6 Å². The third kappa shape index (κ3) is 4.49. The molecule has 1 rings (SSSR count). The minimum Gasteiger partial charge on any atom is -0.480 e.